The smallest absolute Gasteiger partial charge is 0.178 e. The third-order valence-electron chi connectivity index (χ3n) is 6.67. The van der Waals surface area contributed by atoms with Crippen LogP contribution < -0.4 is 0 Å². The molecule has 1 fully saturated rings. The summed E-state index contributed by atoms with van der Waals surface area (Å²) >= 11 is 1.50. The van der Waals surface area contributed by atoms with Crippen LogP contribution in [0.4, 0.5) is 0 Å². The molecule has 2 aliphatic rings. The van der Waals surface area contributed by atoms with Gasteiger partial charge in [-0.3, -0.25) is 19.2 Å². The molecule has 1 aliphatic carbocycles. The fraction of sp³-hybridized carbons (Fsp3) is 0.462. The molecule has 0 unspecified atom stereocenters. The number of hydrogen-bond donors (Lipinski definition) is 0. The second-order valence-corrected chi connectivity index (χ2v) is 10.1. The number of allylic oxidation sites excluding steroid dienone is 2. The van der Waals surface area contributed by atoms with Gasteiger partial charge in [0.25, 0.3) is 0 Å². The Morgan fingerprint density at radius 3 is 2.73 bits per heavy atom. The molecule has 1 saturated carbocycles. The van der Waals surface area contributed by atoms with Gasteiger partial charge in [0.05, 0.1) is 46.7 Å². The highest BCUT2D eigenvalue weighted by molar-refractivity contribution is 7.12. The zero-order valence-electron chi connectivity index (χ0n) is 19.5. The standard InChI is InChI=1S/C26H31N5OS/c1-18-14-19(2)30(28-18)17-20-15-24(31(29-20)21-8-4-3-5-9-21)22-10-6-12-27-23(22)16-25(32)26-11-7-13-33-26/h7,11-15,21H,3-6,8-10,16-17H2,1-2H3. The van der Waals surface area contributed by atoms with Crippen molar-refractivity contribution in [1.82, 2.24) is 19.6 Å². The van der Waals surface area contributed by atoms with Crippen molar-refractivity contribution in [3.05, 3.63) is 63.0 Å². The lowest BCUT2D eigenvalue weighted by Crippen LogP contribution is -2.18. The summed E-state index contributed by atoms with van der Waals surface area (Å²) in [4.78, 5) is 18.4. The van der Waals surface area contributed by atoms with Gasteiger partial charge in [-0.2, -0.15) is 10.2 Å². The number of aromatic nitrogens is 4. The second-order valence-electron chi connectivity index (χ2n) is 9.19. The quantitative estimate of drug-likeness (QED) is 0.396. The molecule has 6 nitrogen and oxygen atoms in total. The van der Waals surface area contributed by atoms with Gasteiger partial charge >= 0.3 is 0 Å². The molecule has 0 saturated heterocycles. The summed E-state index contributed by atoms with van der Waals surface area (Å²) in [5, 5.41) is 11.7. The van der Waals surface area contributed by atoms with Gasteiger partial charge in [-0.15, -0.1) is 11.3 Å². The van der Waals surface area contributed by atoms with Crippen molar-refractivity contribution in [3.8, 4) is 0 Å². The Hall–Kier alpha value is -2.80. The average molecular weight is 462 g/mol. The first-order valence-corrected chi connectivity index (χ1v) is 12.9. The van der Waals surface area contributed by atoms with Crippen molar-refractivity contribution in [2.24, 2.45) is 4.99 Å². The zero-order chi connectivity index (χ0) is 22.8. The zero-order valence-corrected chi connectivity index (χ0v) is 20.3. The minimum absolute atomic E-state index is 0.142. The molecule has 5 rings (SSSR count). The molecule has 0 radical (unpaired) electrons. The van der Waals surface area contributed by atoms with Crippen LogP contribution in [-0.4, -0.2) is 31.6 Å². The number of Topliss-reactive ketones (excluding diaryl/α,β-unsaturated/α-hetero) is 1. The van der Waals surface area contributed by atoms with Crippen molar-refractivity contribution in [3.63, 3.8) is 0 Å². The average Bonchev–Trinajstić information content (AvgIpc) is 3.56. The van der Waals surface area contributed by atoms with E-state index < -0.39 is 0 Å². The van der Waals surface area contributed by atoms with E-state index in [2.05, 4.69) is 28.8 Å². The van der Waals surface area contributed by atoms with Crippen LogP contribution in [0.15, 0.2) is 40.3 Å². The first-order chi connectivity index (χ1) is 16.1. The number of ketones is 1. The minimum atomic E-state index is 0.142. The van der Waals surface area contributed by atoms with Crippen LogP contribution in [0.2, 0.25) is 0 Å². The molecule has 0 spiro atoms. The van der Waals surface area contributed by atoms with Crippen LogP contribution in [0.5, 0.6) is 0 Å². The first-order valence-electron chi connectivity index (χ1n) is 12.0. The minimum Gasteiger partial charge on any atom is -0.293 e. The van der Waals surface area contributed by atoms with Crippen LogP contribution in [0.1, 0.15) is 89.9 Å². The third-order valence-corrected chi connectivity index (χ3v) is 7.59. The predicted octanol–water partition coefficient (Wildman–Crippen LogP) is 6.16. The molecule has 3 aromatic heterocycles. The maximum Gasteiger partial charge on any atom is 0.178 e. The van der Waals surface area contributed by atoms with E-state index >= 15 is 0 Å². The topological polar surface area (TPSA) is 65.1 Å². The highest BCUT2D eigenvalue weighted by Crippen LogP contribution is 2.36. The molecule has 0 bridgehead atoms. The number of rotatable bonds is 7. The van der Waals surface area contributed by atoms with Gasteiger partial charge in [-0.1, -0.05) is 25.3 Å². The molecule has 0 aromatic carbocycles. The lowest BCUT2D eigenvalue weighted by Gasteiger charge is -2.25. The summed E-state index contributed by atoms with van der Waals surface area (Å²) in [6.45, 7) is 4.77. The molecule has 3 aromatic rings. The van der Waals surface area contributed by atoms with Crippen molar-refractivity contribution in [2.75, 3.05) is 0 Å². The maximum atomic E-state index is 12.9. The highest BCUT2D eigenvalue weighted by atomic mass is 32.1. The van der Waals surface area contributed by atoms with Gasteiger partial charge < -0.3 is 0 Å². The van der Waals surface area contributed by atoms with Crippen molar-refractivity contribution in [1.29, 1.82) is 0 Å². The van der Waals surface area contributed by atoms with Gasteiger partial charge in [0, 0.05) is 11.9 Å². The van der Waals surface area contributed by atoms with E-state index in [1.807, 2.05) is 35.3 Å². The van der Waals surface area contributed by atoms with E-state index in [1.165, 1.54) is 36.2 Å². The largest absolute Gasteiger partial charge is 0.293 e. The maximum absolute atomic E-state index is 12.9. The molecule has 33 heavy (non-hydrogen) atoms. The first kappa shape index (κ1) is 22.0. The summed E-state index contributed by atoms with van der Waals surface area (Å²) in [6, 6.07) is 8.57. The molecule has 7 heteroatoms. The van der Waals surface area contributed by atoms with Crippen molar-refractivity contribution < 1.29 is 4.79 Å². The molecule has 4 heterocycles. The number of hydrogen-bond acceptors (Lipinski definition) is 5. The Bertz CT molecular complexity index is 1190. The molecule has 0 atom stereocenters. The number of thiophene rings is 1. The highest BCUT2D eigenvalue weighted by Gasteiger charge is 2.25. The number of aliphatic imine (C=N–C) groups is 1. The number of carbonyl (C=O) groups excluding carboxylic acids is 1. The van der Waals surface area contributed by atoms with Crippen LogP contribution in [0.25, 0.3) is 5.57 Å². The molecular formula is C26H31N5OS. The van der Waals surface area contributed by atoms with Crippen LogP contribution in [0.3, 0.4) is 0 Å². The van der Waals surface area contributed by atoms with E-state index in [4.69, 9.17) is 10.1 Å². The van der Waals surface area contributed by atoms with E-state index in [9.17, 15) is 4.79 Å². The lowest BCUT2D eigenvalue weighted by atomic mass is 9.94. The van der Waals surface area contributed by atoms with E-state index in [1.54, 1.807) is 0 Å². The fourth-order valence-corrected chi connectivity index (χ4v) is 5.72. The SMILES string of the molecule is Cc1cc(C)n(Cc2cc(C3=C(CC(=O)c4cccs4)N=CCC3)n(C3CCCCC3)n2)n1. The Balaban J connectivity index is 1.53. The number of aryl methyl sites for hydroxylation is 2. The van der Waals surface area contributed by atoms with Gasteiger partial charge in [0.15, 0.2) is 5.78 Å². The molecule has 0 amide bonds. The fourth-order valence-electron chi connectivity index (χ4n) is 5.05. The van der Waals surface area contributed by atoms with Crippen LogP contribution in [-0.2, 0) is 6.54 Å². The Morgan fingerprint density at radius 2 is 2.00 bits per heavy atom. The second kappa shape index (κ2) is 9.59. The molecule has 1 aliphatic heterocycles. The van der Waals surface area contributed by atoms with E-state index in [0.29, 0.717) is 19.0 Å². The Labute approximate surface area is 199 Å². The van der Waals surface area contributed by atoms with Gasteiger partial charge in [-0.05, 0) is 68.7 Å². The summed E-state index contributed by atoms with van der Waals surface area (Å²) in [5.74, 6) is 0.142. The summed E-state index contributed by atoms with van der Waals surface area (Å²) in [7, 11) is 0. The number of carbonyl (C=O) groups is 1. The van der Waals surface area contributed by atoms with E-state index in [-0.39, 0.29) is 5.78 Å². The molecule has 0 N–H and O–H groups in total. The Morgan fingerprint density at radius 1 is 1.15 bits per heavy atom. The predicted molar refractivity (Wildman–Crippen MR) is 133 cm³/mol. The van der Waals surface area contributed by atoms with Crippen molar-refractivity contribution in [2.45, 2.75) is 77.8 Å². The normalized spacial score (nSPS) is 17.2. The summed E-state index contributed by atoms with van der Waals surface area (Å²) in [5.41, 5.74) is 6.41. The third kappa shape index (κ3) is 4.78. The lowest BCUT2D eigenvalue weighted by molar-refractivity contribution is 0.0996. The molecular weight excluding hydrogens is 430 g/mol. The van der Waals surface area contributed by atoms with Gasteiger partial charge in [0.1, 0.15) is 0 Å². The summed E-state index contributed by atoms with van der Waals surface area (Å²) < 4.78 is 4.28. The Kier molecular flexibility index (Phi) is 6.40. The van der Waals surface area contributed by atoms with E-state index in [0.717, 1.165) is 59.0 Å². The van der Waals surface area contributed by atoms with Gasteiger partial charge in [0.2, 0.25) is 0 Å². The summed E-state index contributed by atoms with van der Waals surface area (Å²) in [6.07, 6.45) is 10.2. The van der Waals surface area contributed by atoms with Crippen LogP contribution >= 0.6 is 11.3 Å². The number of nitrogens with zero attached hydrogens (tertiary/aromatic N) is 5. The molecule has 172 valence electrons. The van der Waals surface area contributed by atoms with Crippen molar-refractivity contribution >= 4 is 28.9 Å². The van der Waals surface area contributed by atoms with Gasteiger partial charge in [-0.25, -0.2) is 0 Å². The van der Waals surface area contributed by atoms with Crippen LogP contribution in [0, 0.1) is 13.8 Å². The monoisotopic (exact) mass is 461 g/mol.